The van der Waals surface area contributed by atoms with Crippen molar-refractivity contribution in [1.29, 1.82) is 0 Å². The highest BCUT2D eigenvalue weighted by atomic mass is 32.1. The van der Waals surface area contributed by atoms with Crippen molar-refractivity contribution in [2.75, 3.05) is 11.4 Å². The van der Waals surface area contributed by atoms with Crippen molar-refractivity contribution in [1.82, 2.24) is 0 Å². The number of nitrogens with zero attached hydrogens (tertiary/aromatic N) is 1. The van der Waals surface area contributed by atoms with E-state index in [2.05, 4.69) is 18.7 Å². The summed E-state index contributed by atoms with van der Waals surface area (Å²) in [5.74, 6) is 0.352. The van der Waals surface area contributed by atoms with Gasteiger partial charge in [-0.15, -0.1) is 0 Å². The van der Waals surface area contributed by atoms with Crippen molar-refractivity contribution in [2.45, 2.75) is 32.7 Å². The number of benzene rings is 1. The maximum Gasteiger partial charge on any atom is 0.124 e. The molecule has 0 aromatic heterocycles. The molecule has 0 spiro atoms. The highest BCUT2D eigenvalue weighted by Crippen LogP contribution is 2.30. The fraction of sp³-hybridized carbons (Fsp3) is 0.500. The molecule has 2 N–H and O–H groups in total. The van der Waals surface area contributed by atoms with Crippen LogP contribution in [0.25, 0.3) is 0 Å². The summed E-state index contributed by atoms with van der Waals surface area (Å²) < 4.78 is 13.3. The zero-order chi connectivity index (χ0) is 13.3. The maximum absolute atomic E-state index is 13.3. The van der Waals surface area contributed by atoms with E-state index in [1.165, 1.54) is 18.6 Å². The Balaban J connectivity index is 2.40. The first-order valence-corrected chi connectivity index (χ1v) is 6.76. The topological polar surface area (TPSA) is 29.3 Å². The molecule has 98 valence electrons. The van der Waals surface area contributed by atoms with Gasteiger partial charge in [0.1, 0.15) is 10.8 Å². The molecule has 0 amide bonds. The third kappa shape index (κ3) is 2.64. The first-order chi connectivity index (χ1) is 8.49. The lowest BCUT2D eigenvalue weighted by molar-refractivity contribution is 0.390. The van der Waals surface area contributed by atoms with Crippen LogP contribution in [0, 0.1) is 11.7 Å². The largest absolute Gasteiger partial charge is 0.389 e. The van der Waals surface area contributed by atoms with Gasteiger partial charge in [-0.2, -0.15) is 0 Å². The molecule has 1 heterocycles. The molecule has 0 aliphatic carbocycles. The van der Waals surface area contributed by atoms with E-state index < -0.39 is 0 Å². The van der Waals surface area contributed by atoms with Crippen molar-refractivity contribution < 1.29 is 4.39 Å². The molecule has 2 nitrogen and oxygen atoms in total. The van der Waals surface area contributed by atoms with Gasteiger partial charge in [0.2, 0.25) is 0 Å². The Morgan fingerprint density at radius 3 is 2.78 bits per heavy atom. The molecule has 0 radical (unpaired) electrons. The fourth-order valence-electron chi connectivity index (χ4n) is 2.58. The molecule has 1 aliphatic heterocycles. The van der Waals surface area contributed by atoms with Crippen LogP contribution < -0.4 is 10.6 Å². The zero-order valence-corrected chi connectivity index (χ0v) is 11.6. The molecule has 0 bridgehead atoms. The Morgan fingerprint density at radius 2 is 2.11 bits per heavy atom. The van der Waals surface area contributed by atoms with Gasteiger partial charge < -0.3 is 10.6 Å². The summed E-state index contributed by atoms with van der Waals surface area (Å²) in [7, 11) is 0. The monoisotopic (exact) mass is 266 g/mol. The molecule has 2 atom stereocenters. The van der Waals surface area contributed by atoms with Gasteiger partial charge in [-0.25, -0.2) is 4.39 Å². The van der Waals surface area contributed by atoms with Gasteiger partial charge >= 0.3 is 0 Å². The Hall–Kier alpha value is -1.16. The zero-order valence-electron chi connectivity index (χ0n) is 10.8. The highest BCUT2D eigenvalue weighted by molar-refractivity contribution is 7.80. The Labute approximate surface area is 113 Å². The average Bonchev–Trinajstić information content (AvgIpc) is 2.32. The van der Waals surface area contributed by atoms with Crippen LogP contribution in [0.5, 0.6) is 0 Å². The molecule has 1 aromatic rings. The average molecular weight is 266 g/mol. The Bertz CT molecular complexity index is 461. The molecule has 1 aromatic carbocycles. The number of hydrogen-bond acceptors (Lipinski definition) is 2. The number of nitrogens with two attached hydrogens (primary N) is 1. The third-order valence-electron chi connectivity index (χ3n) is 3.65. The summed E-state index contributed by atoms with van der Waals surface area (Å²) in [6.45, 7) is 5.41. The molecule has 18 heavy (non-hydrogen) atoms. The predicted octanol–water partition coefficient (Wildman–Crippen LogP) is 3.08. The molecular formula is C14H19FN2S. The minimum Gasteiger partial charge on any atom is -0.389 e. The molecule has 2 rings (SSSR count). The fourth-order valence-corrected chi connectivity index (χ4v) is 2.74. The lowest BCUT2D eigenvalue weighted by Crippen LogP contribution is -2.42. The second-order valence-corrected chi connectivity index (χ2v) is 5.65. The van der Waals surface area contributed by atoms with Crippen LogP contribution in [0.3, 0.4) is 0 Å². The molecular weight excluding hydrogens is 247 g/mol. The van der Waals surface area contributed by atoms with Crippen molar-refractivity contribution in [3.05, 3.63) is 29.6 Å². The molecule has 1 fully saturated rings. The van der Waals surface area contributed by atoms with E-state index in [9.17, 15) is 4.39 Å². The predicted molar refractivity (Wildman–Crippen MR) is 77.5 cm³/mol. The Kier molecular flexibility index (Phi) is 3.85. The van der Waals surface area contributed by atoms with Crippen LogP contribution in [0.4, 0.5) is 10.1 Å². The van der Waals surface area contributed by atoms with Crippen molar-refractivity contribution in [3.8, 4) is 0 Å². The first kappa shape index (κ1) is 13.3. The van der Waals surface area contributed by atoms with Crippen molar-refractivity contribution >= 4 is 22.9 Å². The van der Waals surface area contributed by atoms with E-state index >= 15 is 0 Å². The van der Waals surface area contributed by atoms with Crippen LogP contribution >= 0.6 is 12.2 Å². The quantitative estimate of drug-likeness (QED) is 0.834. The lowest BCUT2D eigenvalue weighted by atomic mass is 9.93. The number of piperidine rings is 1. The Morgan fingerprint density at radius 1 is 1.39 bits per heavy atom. The van der Waals surface area contributed by atoms with Crippen molar-refractivity contribution in [2.24, 2.45) is 11.7 Å². The smallest absolute Gasteiger partial charge is 0.124 e. The van der Waals surface area contributed by atoms with Gasteiger partial charge in [-0.1, -0.05) is 19.1 Å². The second-order valence-electron chi connectivity index (χ2n) is 5.21. The number of rotatable bonds is 2. The molecule has 2 unspecified atom stereocenters. The lowest BCUT2D eigenvalue weighted by Gasteiger charge is -2.39. The highest BCUT2D eigenvalue weighted by Gasteiger charge is 2.25. The number of anilines is 1. The first-order valence-electron chi connectivity index (χ1n) is 6.35. The van der Waals surface area contributed by atoms with Crippen LogP contribution in [0.1, 0.15) is 32.3 Å². The standard InChI is InChI=1S/C14H19FN2S/c1-9-3-4-10(2)17(8-9)13-6-5-11(15)7-12(13)14(16)18/h5-7,9-10H,3-4,8H2,1-2H3,(H2,16,18). The van der Waals surface area contributed by atoms with Gasteiger partial charge in [0, 0.05) is 23.8 Å². The number of hydrogen-bond donors (Lipinski definition) is 1. The molecule has 1 aliphatic rings. The summed E-state index contributed by atoms with van der Waals surface area (Å²) in [5, 5.41) is 0. The van der Waals surface area contributed by atoms with E-state index in [1.54, 1.807) is 6.07 Å². The van der Waals surface area contributed by atoms with Gasteiger partial charge in [0.05, 0.1) is 0 Å². The summed E-state index contributed by atoms with van der Waals surface area (Å²) in [6, 6.07) is 5.14. The number of halogens is 1. The van der Waals surface area contributed by atoms with Gasteiger partial charge in [-0.05, 0) is 43.9 Å². The van der Waals surface area contributed by atoms with E-state index in [0.29, 0.717) is 17.5 Å². The van der Waals surface area contributed by atoms with Crippen LogP contribution in [0.15, 0.2) is 18.2 Å². The molecule has 4 heteroatoms. The van der Waals surface area contributed by atoms with Crippen LogP contribution in [0.2, 0.25) is 0 Å². The van der Waals surface area contributed by atoms with Gasteiger partial charge in [0.15, 0.2) is 0 Å². The second kappa shape index (κ2) is 5.22. The summed E-state index contributed by atoms with van der Waals surface area (Å²) >= 11 is 5.03. The maximum atomic E-state index is 13.3. The minimum absolute atomic E-state index is 0.259. The summed E-state index contributed by atoms with van der Waals surface area (Å²) in [4.78, 5) is 2.55. The third-order valence-corrected chi connectivity index (χ3v) is 3.87. The summed E-state index contributed by atoms with van der Waals surface area (Å²) in [6.07, 6.45) is 2.39. The van der Waals surface area contributed by atoms with Gasteiger partial charge in [-0.3, -0.25) is 0 Å². The van der Waals surface area contributed by atoms with E-state index in [1.807, 2.05) is 0 Å². The SMILES string of the molecule is CC1CCC(C)N(c2ccc(F)cc2C(N)=S)C1. The van der Waals surface area contributed by atoms with Crippen molar-refractivity contribution in [3.63, 3.8) is 0 Å². The number of thiocarbonyl (C=S) groups is 1. The minimum atomic E-state index is -0.292. The van der Waals surface area contributed by atoms with Gasteiger partial charge in [0.25, 0.3) is 0 Å². The van der Waals surface area contributed by atoms with E-state index in [-0.39, 0.29) is 10.8 Å². The normalized spacial score (nSPS) is 24.1. The summed E-state index contributed by atoms with van der Waals surface area (Å²) in [5.41, 5.74) is 7.31. The van der Waals surface area contributed by atoms with Crippen LogP contribution in [-0.2, 0) is 0 Å². The molecule has 1 saturated heterocycles. The van der Waals surface area contributed by atoms with E-state index in [4.69, 9.17) is 18.0 Å². The van der Waals surface area contributed by atoms with Crippen LogP contribution in [-0.4, -0.2) is 17.6 Å². The van der Waals surface area contributed by atoms with E-state index in [0.717, 1.165) is 18.7 Å². The molecule has 0 saturated carbocycles.